The minimum absolute atomic E-state index is 0.0730. The number of ether oxygens (including phenoxy) is 1. The Kier molecular flexibility index (Phi) is 7.09. The van der Waals surface area contributed by atoms with Gasteiger partial charge in [0.2, 0.25) is 5.91 Å². The van der Waals surface area contributed by atoms with Crippen molar-refractivity contribution in [1.29, 1.82) is 0 Å². The molecule has 9 nitrogen and oxygen atoms in total. The second-order valence-electron chi connectivity index (χ2n) is 11.5. The maximum atomic E-state index is 14.0. The van der Waals surface area contributed by atoms with E-state index in [-0.39, 0.29) is 31.5 Å². The number of nitrogens with zero attached hydrogens (tertiary/aromatic N) is 6. The number of carbonyl (C=O) groups is 1. The van der Waals surface area contributed by atoms with E-state index in [1.165, 1.54) is 28.3 Å². The lowest BCUT2D eigenvalue weighted by molar-refractivity contribution is -0.126. The molecule has 41 heavy (non-hydrogen) atoms. The Morgan fingerprint density at radius 3 is 2.68 bits per heavy atom. The number of nitrogens with one attached hydrogen (secondary N) is 1. The highest BCUT2D eigenvalue weighted by Gasteiger charge is 2.43. The Morgan fingerprint density at radius 2 is 1.98 bits per heavy atom. The highest BCUT2D eigenvalue weighted by Crippen LogP contribution is 2.37. The van der Waals surface area contributed by atoms with Gasteiger partial charge in [-0.05, 0) is 56.7 Å². The zero-order valence-electron chi connectivity index (χ0n) is 23.9. The molecule has 2 aromatic heterocycles. The standard InChI is InChI=1S/C30H37F2N7O2/c1-5-26(40)37-10-12-38(13-11-37)28-23-7-9-39(27-20(3)19(2)14-24-22(27)6-8-33-24)16-25(23)34-29(35-28)41-17-21-15-30(31,32)18-36(21)4/h5-6,8,14,21,33H,1,7,9-13,15-18H2,2-4H3. The van der Waals surface area contributed by atoms with Crippen LogP contribution in [0.1, 0.15) is 28.8 Å². The van der Waals surface area contributed by atoms with Crippen molar-refractivity contribution < 1.29 is 18.3 Å². The molecule has 0 bridgehead atoms. The first-order chi connectivity index (χ1) is 19.6. The monoisotopic (exact) mass is 565 g/mol. The maximum absolute atomic E-state index is 14.0. The van der Waals surface area contributed by atoms with E-state index < -0.39 is 12.0 Å². The highest BCUT2D eigenvalue weighted by atomic mass is 19.3. The first kappa shape index (κ1) is 27.4. The van der Waals surface area contributed by atoms with Crippen LogP contribution in [-0.2, 0) is 17.8 Å². The molecule has 3 aliphatic rings. The molecular formula is C30H37F2N7O2. The summed E-state index contributed by atoms with van der Waals surface area (Å²) in [7, 11) is 1.70. The number of halogens is 2. The molecule has 3 aromatic rings. The molecule has 5 heterocycles. The Balaban J connectivity index is 1.31. The van der Waals surface area contributed by atoms with Crippen LogP contribution in [0, 0.1) is 13.8 Å². The molecule has 0 spiro atoms. The van der Waals surface area contributed by atoms with Crippen molar-refractivity contribution >= 4 is 28.3 Å². The molecule has 0 radical (unpaired) electrons. The number of rotatable bonds is 6. The summed E-state index contributed by atoms with van der Waals surface area (Å²) in [6.45, 7) is 11.5. The van der Waals surface area contributed by atoms with Crippen molar-refractivity contribution in [3.05, 3.63) is 53.4 Å². The van der Waals surface area contributed by atoms with Gasteiger partial charge in [0.1, 0.15) is 12.4 Å². The zero-order chi connectivity index (χ0) is 28.9. The summed E-state index contributed by atoms with van der Waals surface area (Å²) >= 11 is 0. The predicted molar refractivity (Wildman–Crippen MR) is 155 cm³/mol. The molecule has 6 rings (SSSR count). The van der Waals surface area contributed by atoms with Crippen molar-refractivity contribution in [2.75, 3.05) is 62.7 Å². The fraction of sp³-hybridized carbons (Fsp3) is 0.500. The number of carbonyl (C=O) groups excluding carboxylic acids is 1. The summed E-state index contributed by atoms with van der Waals surface area (Å²) in [6.07, 6.45) is 3.83. The van der Waals surface area contributed by atoms with Crippen molar-refractivity contribution in [3.8, 4) is 6.01 Å². The number of likely N-dealkylation sites (N-methyl/N-ethyl adjacent to an activating group) is 1. The summed E-state index contributed by atoms with van der Waals surface area (Å²) in [4.78, 5) is 33.2. The van der Waals surface area contributed by atoms with E-state index in [1.807, 2.05) is 6.20 Å². The van der Waals surface area contributed by atoms with Gasteiger partial charge in [-0.2, -0.15) is 9.97 Å². The number of fused-ring (bicyclic) bond motifs is 2. The molecule has 0 aliphatic carbocycles. The topological polar surface area (TPSA) is 80.8 Å². The average molecular weight is 566 g/mol. The van der Waals surface area contributed by atoms with Gasteiger partial charge < -0.3 is 24.4 Å². The largest absolute Gasteiger partial charge is 0.462 e. The fourth-order valence-corrected chi connectivity index (χ4v) is 6.42. The number of anilines is 2. The van der Waals surface area contributed by atoms with E-state index in [2.05, 4.69) is 47.3 Å². The van der Waals surface area contributed by atoms with Crippen molar-refractivity contribution in [1.82, 2.24) is 24.8 Å². The molecule has 1 unspecified atom stereocenters. The van der Waals surface area contributed by atoms with Gasteiger partial charge in [0.15, 0.2) is 0 Å². The molecule has 1 N–H and O–H groups in total. The Bertz CT molecular complexity index is 1480. The number of hydrogen-bond acceptors (Lipinski definition) is 7. The smallest absolute Gasteiger partial charge is 0.318 e. The number of aryl methyl sites for hydroxylation is 1. The van der Waals surface area contributed by atoms with Gasteiger partial charge in [-0.3, -0.25) is 9.69 Å². The third-order valence-corrected chi connectivity index (χ3v) is 8.79. The van der Waals surface area contributed by atoms with E-state index in [1.54, 1.807) is 16.8 Å². The number of aromatic nitrogens is 3. The molecule has 3 aliphatic heterocycles. The van der Waals surface area contributed by atoms with Crippen LogP contribution in [0.25, 0.3) is 10.9 Å². The van der Waals surface area contributed by atoms with Crippen molar-refractivity contribution in [3.63, 3.8) is 0 Å². The Hall–Kier alpha value is -3.73. The maximum Gasteiger partial charge on any atom is 0.318 e. The summed E-state index contributed by atoms with van der Waals surface area (Å²) < 4.78 is 34.0. The number of hydrogen-bond donors (Lipinski definition) is 1. The molecule has 218 valence electrons. The number of alkyl halides is 2. The van der Waals surface area contributed by atoms with E-state index in [0.29, 0.717) is 32.7 Å². The van der Waals surface area contributed by atoms with Crippen LogP contribution in [0.15, 0.2) is 31.0 Å². The van der Waals surface area contributed by atoms with Crippen molar-refractivity contribution in [2.24, 2.45) is 0 Å². The Morgan fingerprint density at radius 1 is 1.20 bits per heavy atom. The third-order valence-electron chi connectivity index (χ3n) is 8.79. The van der Waals surface area contributed by atoms with E-state index in [4.69, 9.17) is 14.7 Å². The van der Waals surface area contributed by atoms with Crippen LogP contribution in [0.2, 0.25) is 0 Å². The van der Waals surface area contributed by atoms with Crippen LogP contribution in [0.4, 0.5) is 20.3 Å². The van der Waals surface area contributed by atoms with Gasteiger partial charge >= 0.3 is 6.01 Å². The lowest BCUT2D eigenvalue weighted by Crippen LogP contribution is -2.49. The zero-order valence-corrected chi connectivity index (χ0v) is 23.9. The second kappa shape index (κ2) is 10.6. The summed E-state index contributed by atoms with van der Waals surface area (Å²) in [5.74, 6) is -1.98. The van der Waals surface area contributed by atoms with E-state index in [9.17, 15) is 13.6 Å². The Labute approximate surface area is 238 Å². The van der Waals surface area contributed by atoms with Gasteiger partial charge in [-0.15, -0.1) is 0 Å². The molecule has 1 atom stereocenters. The minimum atomic E-state index is -2.72. The fourth-order valence-electron chi connectivity index (χ4n) is 6.42. The lowest BCUT2D eigenvalue weighted by Gasteiger charge is -2.38. The quantitative estimate of drug-likeness (QED) is 0.457. The number of benzene rings is 1. The number of amides is 1. The second-order valence-corrected chi connectivity index (χ2v) is 11.5. The first-order valence-corrected chi connectivity index (χ1v) is 14.2. The van der Waals surface area contributed by atoms with Crippen LogP contribution in [0.5, 0.6) is 6.01 Å². The van der Waals surface area contributed by atoms with Crippen LogP contribution in [-0.4, -0.2) is 95.5 Å². The van der Waals surface area contributed by atoms with Crippen LogP contribution < -0.4 is 14.5 Å². The van der Waals surface area contributed by atoms with E-state index in [0.717, 1.165) is 35.6 Å². The molecule has 0 saturated carbocycles. The van der Waals surface area contributed by atoms with Gasteiger partial charge in [-0.25, -0.2) is 8.78 Å². The molecule has 1 amide bonds. The lowest BCUT2D eigenvalue weighted by atomic mass is 9.99. The highest BCUT2D eigenvalue weighted by molar-refractivity contribution is 5.95. The van der Waals surface area contributed by atoms with Gasteiger partial charge in [0.05, 0.1) is 18.8 Å². The summed E-state index contributed by atoms with van der Waals surface area (Å²) in [5, 5.41) is 1.18. The normalized spacial score (nSPS) is 20.9. The van der Waals surface area contributed by atoms with Crippen LogP contribution >= 0.6 is 0 Å². The molecule has 11 heteroatoms. The summed E-state index contributed by atoms with van der Waals surface area (Å²) in [5.41, 5.74) is 6.72. The third kappa shape index (κ3) is 5.23. The molecule has 2 saturated heterocycles. The van der Waals surface area contributed by atoms with Gasteiger partial charge in [0.25, 0.3) is 5.92 Å². The SMILES string of the molecule is C=CC(=O)N1CCN(c2nc(OCC3CC(F)(F)CN3C)nc3c2CCN(c2c(C)c(C)cc4[nH]ccc24)C3)CC1. The number of piperazine rings is 1. The first-order valence-electron chi connectivity index (χ1n) is 14.2. The average Bonchev–Trinajstić information content (AvgIpc) is 3.52. The minimum Gasteiger partial charge on any atom is -0.462 e. The van der Waals surface area contributed by atoms with E-state index >= 15 is 0 Å². The molecule has 1 aromatic carbocycles. The van der Waals surface area contributed by atoms with Gasteiger partial charge in [-0.1, -0.05) is 6.58 Å². The number of likely N-dealkylation sites (tertiary alicyclic amines) is 1. The van der Waals surface area contributed by atoms with Crippen LogP contribution in [0.3, 0.4) is 0 Å². The van der Waals surface area contributed by atoms with Crippen molar-refractivity contribution in [2.45, 2.75) is 45.2 Å². The summed E-state index contributed by atoms with van der Waals surface area (Å²) in [6, 6.07) is 4.10. The molecular weight excluding hydrogens is 528 g/mol. The molecule has 2 fully saturated rings. The van der Waals surface area contributed by atoms with Gasteiger partial charge in [0, 0.05) is 73.5 Å². The predicted octanol–water partition coefficient (Wildman–Crippen LogP) is 3.69. The number of H-pyrrole nitrogens is 1. The number of aromatic amines is 1.